The lowest BCUT2D eigenvalue weighted by atomic mass is 10.1. The Balaban J connectivity index is 1.80. The molecule has 0 fully saturated rings. The molecule has 1 amide bonds. The highest BCUT2D eigenvalue weighted by Gasteiger charge is 2.15. The number of carbonyl (C=O) groups is 1. The first-order chi connectivity index (χ1) is 14.3. The summed E-state index contributed by atoms with van der Waals surface area (Å²) in [7, 11) is -1.75. The first-order valence-corrected chi connectivity index (χ1v) is 12.2. The molecule has 0 bridgehead atoms. The van der Waals surface area contributed by atoms with Crippen LogP contribution in [0, 0.1) is 13.8 Å². The topological polar surface area (TPSA) is 77.7 Å². The number of hydrogen-bond donors (Lipinski definition) is 0. The number of aryl methyl sites for hydroxylation is 2. The third-order valence-corrected chi connectivity index (χ3v) is 7.81. The Morgan fingerprint density at radius 3 is 2.60 bits per heavy atom. The van der Waals surface area contributed by atoms with E-state index in [2.05, 4.69) is 17.1 Å². The molecule has 0 aliphatic heterocycles. The van der Waals surface area contributed by atoms with E-state index in [4.69, 9.17) is 4.74 Å². The smallest absolute Gasteiger partial charge is 0.248 e. The van der Waals surface area contributed by atoms with Crippen LogP contribution in [-0.4, -0.2) is 38.4 Å². The number of hydrogen-bond acceptors (Lipinski definition) is 5. The second-order valence-corrected chi connectivity index (χ2v) is 10.3. The number of aromatic nitrogens is 1. The molecular weight excluding hydrogens is 420 g/mol. The maximum Gasteiger partial charge on any atom is 0.248 e. The van der Waals surface area contributed by atoms with E-state index in [1.165, 1.54) is 11.3 Å². The second-order valence-electron chi connectivity index (χ2n) is 7.20. The van der Waals surface area contributed by atoms with Crippen LogP contribution in [0.3, 0.4) is 0 Å². The zero-order chi connectivity index (χ0) is 21.7. The van der Waals surface area contributed by atoms with Gasteiger partial charge in [-0.2, -0.15) is 4.99 Å². The van der Waals surface area contributed by atoms with Gasteiger partial charge in [0.1, 0.15) is 0 Å². The number of fused-ring (bicyclic) bond motifs is 1. The summed E-state index contributed by atoms with van der Waals surface area (Å²) in [6.45, 7) is 5.19. The van der Waals surface area contributed by atoms with Gasteiger partial charge in [-0.3, -0.25) is 4.79 Å². The number of carbonyl (C=O) groups excluding carboxylic acids is 1. The number of thiazole rings is 1. The van der Waals surface area contributed by atoms with E-state index in [0.29, 0.717) is 18.0 Å². The number of ether oxygens (including phenoxy) is 1. The highest BCUT2D eigenvalue weighted by Crippen LogP contribution is 2.23. The van der Waals surface area contributed by atoms with Crippen molar-refractivity contribution in [3.63, 3.8) is 0 Å². The molecule has 0 aliphatic rings. The van der Waals surface area contributed by atoms with E-state index < -0.39 is 9.84 Å². The molecule has 0 saturated carbocycles. The van der Waals surface area contributed by atoms with E-state index in [-0.39, 0.29) is 29.4 Å². The Kier molecular flexibility index (Phi) is 7.23. The normalized spacial score (nSPS) is 12.6. The van der Waals surface area contributed by atoms with Gasteiger partial charge >= 0.3 is 0 Å². The van der Waals surface area contributed by atoms with Gasteiger partial charge in [0.15, 0.2) is 14.6 Å². The van der Waals surface area contributed by atoms with Crippen LogP contribution in [-0.2, 0) is 25.9 Å². The third-order valence-electron chi connectivity index (χ3n) is 4.76. The summed E-state index contributed by atoms with van der Waals surface area (Å²) >= 11 is 1.48. The largest absolute Gasteiger partial charge is 0.383 e. The molecule has 160 valence electrons. The molecule has 0 aliphatic carbocycles. The molecule has 1 heterocycles. The molecule has 0 saturated heterocycles. The average molecular weight is 447 g/mol. The van der Waals surface area contributed by atoms with Crippen molar-refractivity contribution in [2.45, 2.75) is 38.1 Å². The van der Waals surface area contributed by atoms with Gasteiger partial charge in [0.2, 0.25) is 5.91 Å². The highest BCUT2D eigenvalue weighted by molar-refractivity contribution is 7.91. The van der Waals surface area contributed by atoms with E-state index in [0.717, 1.165) is 21.3 Å². The Labute approximate surface area is 180 Å². The second kappa shape index (κ2) is 9.68. The summed E-state index contributed by atoms with van der Waals surface area (Å²) in [5, 5.41) is 0. The van der Waals surface area contributed by atoms with Gasteiger partial charge in [-0.05, 0) is 49.6 Å². The maximum atomic E-state index is 12.5. The van der Waals surface area contributed by atoms with Gasteiger partial charge in [0.05, 0.1) is 27.5 Å². The predicted octanol–water partition coefficient (Wildman–Crippen LogP) is 3.65. The number of rotatable bonds is 8. The number of nitrogens with zero attached hydrogens (tertiary/aromatic N) is 2. The molecule has 0 spiro atoms. The van der Waals surface area contributed by atoms with Crippen molar-refractivity contribution in [2.75, 3.05) is 19.5 Å². The van der Waals surface area contributed by atoms with Gasteiger partial charge in [0, 0.05) is 20.1 Å². The molecule has 6 nitrogen and oxygen atoms in total. The fourth-order valence-electron chi connectivity index (χ4n) is 3.32. The van der Waals surface area contributed by atoms with E-state index in [1.807, 2.05) is 18.4 Å². The van der Waals surface area contributed by atoms with Crippen LogP contribution in [0.2, 0.25) is 0 Å². The van der Waals surface area contributed by atoms with Crippen LogP contribution in [0.5, 0.6) is 0 Å². The van der Waals surface area contributed by atoms with Crippen molar-refractivity contribution in [1.29, 1.82) is 0 Å². The van der Waals surface area contributed by atoms with E-state index in [9.17, 15) is 13.2 Å². The number of benzene rings is 2. The van der Waals surface area contributed by atoms with Crippen LogP contribution < -0.4 is 4.80 Å². The van der Waals surface area contributed by atoms with Gasteiger partial charge < -0.3 is 9.30 Å². The molecule has 0 radical (unpaired) electrons. The Bertz CT molecular complexity index is 1210. The molecular formula is C22H26N2O4S2. The Morgan fingerprint density at radius 2 is 1.90 bits per heavy atom. The zero-order valence-corrected chi connectivity index (χ0v) is 19.1. The molecule has 30 heavy (non-hydrogen) atoms. The highest BCUT2D eigenvalue weighted by atomic mass is 32.2. The van der Waals surface area contributed by atoms with Crippen molar-refractivity contribution < 1.29 is 17.9 Å². The standard InChI is InChI=1S/C22H26N2O4S2/c1-16-14-17(2)21-19(15-16)24(11-12-28-3)22(29-21)23-20(25)10-7-13-30(26,27)18-8-5-4-6-9-18/h4-6,8-9,14-15H,7,10-13H2,1-3H3. The third kappa shape index (κ3) is 5.24. The number of amides is 1. The predicted molar refractivity (Wildman–Crippen MR) is 119 cm³/mol. The first kappa shape index (κ1) is 22.4. The fraction of sp³-hybridized carbons (Fsp3) is 0.364. The van der Waals surface area contributed by atoms with Crippen LogP contribution in [0.15, 0.2) is 52.4 Å². The first-order valence-electron chi connectivity index (χ1n) is 9.77. The summed E-state index contributed by atoms with van der Waals surface area (Å²) in [5.74, 6) is -0.391. The van der Waals surface area contributed by atoms with Crippen LogP contribution in [0.4, 0.5) is 0 Å². The minimum absolute atomic E-state index is 0.0767. The molecule has 0 atom stereocenters. The average Bonchev–Trinajstić information content (AvgIpc) is 3.04. The Morgan fingerprint density at radius 1 is 1.17 bits per heavy atom. The molecule has 3 aromatic rings. The van der Waals surface area contributed by atoms with Gasteiger partial charge in [-0.1, -0.05) is 35.6 Å². The summed E-state index contributed by atoms with van der Waals surface area (Å²) in [4.78, 5) is 17.7. The maximum absolute atomic E-state index is 12.5. The van der Waals surface area contributed by atoms with Crippen molar-refractivity contribution >= 4 is 37.3 Å². The molecule has 1 aromatic heterocycles. The lowest BCUT2D eigenvalue weighted by Gasteiger charge is -2.06. The van der Waals surface area contributed by atoms with Crippen molar-refractivity contribution in [1.82, 2.24) is 4.57 Å². The summed E-state index contributed by atoms with van der Waals surface area (Å²) in [6, 6.07) is 12.5. The molecule has 0 unspecified atom stereocenters. The molecule has 8 heteroatoms. The van der Waals surface area contributed by atoms with Crippen molar-refractivity contribution in [3.05, 3.63) is 58.4 Å². The van der Waals surface area contributed by atoms with Crippen molar-refractivity contribution in [3.8, 4) is 0 Å². The minimum atomic E-state index is -3.39. The van der Waals surface area contributed by atoms with E-state index in [1.54, 1.807) is 37.4 Å². The minimum Gasteiger partial charge on any atom is -0.383 e. The molecule has 3 rings (SSSR count). The van der Waals surface area contributed by atoms with Gasteiger partial charge in [0.25, 0.3) is 0 Å². The lowest BCUT2D eigenvalue weighted by molar-refractivity contribution is -0.118. The monoisotopic (exact) mass is 446 g/mol. The van der Waals surface area contributed by atoms with E-state index >= 15 is 0 Å². The molecule has 0 N–H and O–H groups in total. The van der Waals surface area contributed by atoms with Crippen LogP contribution in [0.1, 0.15) is 24.0 Å². The fourth-order valence-corrected chi connectivity index (χ4v) is 5.77. The van der Waals surface area contributed by atoms with Crippen molar-refractivity contribution in [2.24, 2.45) is 4.99 Å². The van der Waals surface area contributed by atoms with Gasteiger partial charge in [-0.15, -0.1) is 0 Å². The summed E-state index contributed by atoms with van der Waals surface area (Å²) in [6.07, 6.45) is 0.323. The molecule has 2 aromatic carbocycles. The van der Waals surface area contributed by atoms with Crippen LogP contribution >= 0.6 is 11.3 Å². The number of sulfone groups is 1. The quantitative estimate of drug-likeness (QED) is 0.529. The Hall–Kier alpha value is -2.29. The zero-order valence-electron chi connectivity index (χ0n) is 17.4. The summed E-state index contributed by atoms with van der Waals surface area (Å²) in [5.41, 5.74) is 3.32. The summed E-state index contributed by atoms with van der Waals surface area (Å²) < 4.78 is 33.1. The van der Waals surface area contributed by atoms with Gasteiger partial charge in [-0.25, -0.2) is 8.42 Å². The lowest BCUT2D eigenvalue weighted by Crippen LogP contribution is -2.19. The SMILES string of the molecule is COCCn1c(=NC(=O)CCCS(=O)(=O)c2ccccc2)sc2c(C)cc(C)cc21. The number of methoxy groups -OCH3 is 1. The van der Waals surface area contributed by atoms with Crippen LogP contribution in [0.25, 0.3) is 10.2 Å².